The Balaban J connectivity index is 2.14. The van der Waals surface area contributed by atoms with Gasteiger partial charge in [0, 0.05) is 10.6 Å². The molecule has 0 unspecified atom stereocenters. The van der Waals surface area contributed by atoms with Crippen LogP contribution in [0.3, 0.4) is 0 Å². The van der Waals surface area contributed by atoms with Gasteiger partial charge in [-0.25, -0.2) is 0 Å². The van der Waals surface area contributed by atoms with Gasteiger partial charge in [0.2, 0.25) is 0 Å². The Bertz CT molecular complexity index is 549. The molecule has 1 heterocycles. The molecule has 4 heteroatoms. The van der Waals surface area contributed by atoms with E-state index in [0.29, 0.717) is 5.82 Å². The molecule has 17 heavy (non-hydrogen) atoms. The van der Waals surface area contributed by atoms with E-state index >= 15 is 0 Å². The molecule has 2 aromatic rings. The fourth-order valence-corrected chi connectivity index (χ4v) is 2.77. The van der Waals surface area contributed by atoms with Crippen LogP contribution in [0, 0.1) is 6.57 Å². The van der Waals surface area contributed by atoms with Crippen molar-refractivity contribution in [2.24, 2.45) is 0 Å². The minimum Gasteiger partial charge on any atom is -0.360 e. The highest BCUT2D eigenvalue weighted by Crippen LogP contribution is 2.32. The van der Waals surface area contributed by atoms with Gasteiger partial charge in [-0.3, -0.25) is 0 Å². The van der Waals surface area contributed by atoms with Crippen molar-refractivity contribution in [2.45, 2.75) is 10.6 Å². The molecule has 1 aromatic heterocycles. The van der Waals surface area contributed by atoms with Crippen LogP contribution in [0.25, 0.3) is 4.85 Å². The van der Waals surface area contributed by atoms with Crippen molar-refractivity contribution in [3.8, 4) is 0 Å². The van der Waals surface area contributed by atoms with Gasteiger partial charge in [-0.05, 0) is 27.6 Å². The lowest BCUT2D eigenvalue weighted by molar-refractivity contribution is 1.24. The molecule has 0 spiro atoms. The van der Waals surface area contributed by atoms with Gasteiger partial charge in [0.15, 0.2) is 0 Å². The van der Waals surface area contributed by atoms with Crippen molar-refractivity contribution in [3.05, 3.63) is 64.0 Å². The quantitative estimate of drug-likeness (QED) is 0.604. The first-order valence-corrected chi connectivity index (χ1v) is 6.77. The van der Waals surface area contributed by atoms with E-state index in [0.717, 1.165) is 15.1 Å². The molecule has 0 N–H and O–H groups in total. The molecular formula is C13H9BrN2S. The summed E-state index contributed by atoms with van der Waals surface area (Å²) < 4.78 is 0.903. The van der Waals surface area contributed by atoms with Gasteiger partial charge in [-0.2, -0.15) is 0 Å². The van der Waals surface area contributed by atoms with Crippen LogP contribution < -0.4 is 0 Å². The standard InChI is InChI=1S/C13H9BrN2S/c1-15-13-12(7-11(14)8-16-13)17-9-10-5-3-2-4-6-10/h2-8H,9H2. The number of rotatable bonds is 3. The summed E-state index contributed by atoms with van der Waals surface area (Å²) >= 11 is 5.01. The highest BCUT2D eigenvalue weighted by atomic mass is 79.9. The molecule has 2 nitrogen and oxygen atoms in total. The molecule has 0 aliphatic rings. The number of pyridine rings is 1. The lowest BCUT2D eigenvalue weighted by Crippen LogP contribution is -1.82. The van der Waals surface area contributed by atoms with Crippen molar-refractivity contribution in [3.63, 3.8) is 0 Å². The molecule has 0 fully saturated rings. The monoisotopic (exact) mass is 304 g/mol. The average molecular weight is 305 g/mol. The molecule has 0 atom stereocenters. The third-order valence-electron chi connectivity index (χ3n) is 2.14. The second-order valence-electron chi connectivity index (χ2n) is 3.36. The SMILES string of the molecule is [C-]#[N+]c1ncc(Br)cc1SCc1ccccc1. The Labute approximate surface area is 113 Å². The summed E-state index contributed by atoms with van der Waals surface area (Å²) in [6.45, 7) is 7.07. The van der Waals surface area contributed by atoms with E-state index in [1.807, 2.05) is 24.3 Å². The van der Waals surface area contributed by atoms with Gasteiger partial charge in [0.1, 0.15) is 6.20 Å². The number of hydrogen-bond acceptors (Lipinski definition) is 2. The first kappa shape index (κ1) is 12.2. The van der Waals surface area contributed by atoms with Crippen LogP contribution in [-0.4, -0.2) is 4.98 Å². The summed E-state index contributed by atoms with van der Waals surface area (Å²) in [6.07, 6.45) is 1.65. The zero-order chi connectivity index (χ0) is 12.1. The molecule has 0 bridgehead atoms. The van der Waals surface area contributed by atoms with E-state index in [4.69, 9.17) is 6.57 Å². The zero-order valence-electron chi connectivity index (χ0n) is 8.93. The second kappa shape index (κ2) is 5.85. The van der Waals surface area contributed by atoms with E-state index in [-0.39, 0.29) is 0 Å². The van der Waals surface area contributed by atoms with Crippen LogP contribution in [0.2, 0.25) is 0 Å². The number of thioether (sulfide) groups is 1. The first-order valence-electron chi connectivity index (χ1n) is 4.99. The van der Waals surface area contributed by atoms with Crippen LogP contribution >= 0.6 is 27.7 Å². The van der Waals surface area contributed by atoms with Gasteiger partial charge in [-0.1, -0.05) is 36.9 Å². The van der Waals surface area contributed by atoms with E-state index in [1.54, 1.807) is 18.0 Å². The summed E-state index contributed by atoms with van der Waals surface area (Å²) in [5.41, 5.74) is 1.24. The number of hydrogen-bond donors (Lipinski definition) is 0. The third kappa shape index (κ3) is 3.32. The predicted molar refractivity (Wildman–Crippen MR) is 74.2 cm³/mol. The Morgan fingerprint density at radius 2 is 2.06 bits per heavy atom. The largest absolute Gasteiger partial charge is 0.360 e. The second-order valence-corrected chi connectivity index (χ2v) is 5.29. The first-order chi connectivity index (χ1) is 8.29. The Kier molecular flexibility index (Phi) is 4.18. The Morgan fingerprint density at radius 1 is 1.29 bits per heavy atom. The van der Waals surface area contributed by atoms with Crippen LogP contribution in [0.5, 0.6) is 0 Å². The maximum absolute atomic E-state index is 7.07. The predicted octanol–water partition coefficient (Wildman–Crippen LogP) is 4.69. The topological polar surface area (TPSA) is 17.2 Å². The molecular weight excluding hydrogens is 296 g/mol. The van der Waals surface area contributed by atoms with Crippen molar-refractivity contribution in [2.75, 3.05) is 0 Å². The molecule has 0 aliphatic carbocycles. The molecule has 84 valence electrons. The normalized spacial score (nSPS) is 9.88. The van der Waals surface area contributed by atoms with Crippen molar-refractivity contribution >= 4 is 33.5 Å². The lowest BCUT2D eigenvalue weighted by Gasteiger charge is -2.03. The van der Waals surface area contributed by atoms with Crippen molar-refractivity contribution in [1.82, 2.24) is 4.98 Å². The van der Waals surface area contributed by atoms with Crippen molar-refractivity contribution in [1.29, 1.82) is 0 Å². The molecule has 0 aliphatic heterocycles. The van der Waals surface area contributed by atoms with Crippen LogP contribution in [0.1, 0.15) is 5.56 Å². The minimum absolute atomic E-state index is 0.467. The summed E-state index contributed by atoms with van der Waals surface area (Å²) in [7, 11) is 0. The fourth-order valence-electron chi connectivity index (χ4n) is 1.34. The Hall–Kier alpha value is -1.31. The maximum atomic E-state index is 7.07. The maximum Gasteiger partial charge on any atom is 0.283 e. The number of benzene rings is 1. The molecule has 0 amide bonds. The Morgan fingerprint density at radius 3 is 2.76 bits per heavy atom. The number of nitrogens with zero attached hydrogens (tertiary/aromatic N) is 2. The molecule has 0 radical (unpaired) electrons. The van der Waals surface area contributed by atoms with Gasteiger partial charge in [0.05, 0.1) is 4.47 Å². The van der Waals surface area contributed by atoms with E-state index in [9.17, 15) is 0 Å². The van der Waals surface area contributed by atoms with Crippen molar-refractivity contribution < 1.29 is 0 Å². The molecule has 1 aromatic carbocycles. The zero-order valence-corrected chi connectivity index (χ0v) is 11.3. The van der Waals surface area contributed by atoms with E-state index in [1.165, 1.54) is 5.56 Å². The van der Waals surface area contributed by atoms with Gasteiger partial charge in [0.25, 0.3) is 5.82 Å². The van der Waals surface area contributed by atoms with Crippen LogP contribution in [-0.2, 0) is 5.75 Å². The minimum atomic E-state index is 0.467. The van der Waals surface area contributed by atoms with Gasteiger partial charge >= 0.3 is 0 Å². The summed E-state index contributed by atoms with van der Waals surface area (Å²) in [5, 5.41) is 0. The third-order valence-corrected chi connectivity index (χ3v) is 3.67. The average Bonchev–Trinajstić information content (AvgIpc) is 2.38. The summed E-state index contributed by atoms with van der Waals surface area (Å²) in [5.74, 6) is 1.32. The smallest absolute Gasteiger partial charge is 0.283 e. The molecule has 0 saturated carbocycles. The highest BCUT2D eigenvalue weighted by molar-refractivity contribution is 9.10. The fraction of sp³-hybridized carbons (Fsp3) is 0.0769. The number of halogens is 1. The van der Waals surface area contributed by atoms with E-state index < -0.39 is 0 Å². The lowest BCUT2D eigenvalue weighted by atomic mass is 10.2. The van der Waals surface area contributed by atoms with Crippen LogP contribution in [0.15, 0.2) is 52.0 Å². The molecule has 0 saturated heterocycles. The van der Waals surface area contributed by atoms with Crippen LogP contribution in [0.4, 0.5) is 5.82 Å². The summed E-state index contributed by atoms with van der Waals surface area (Å²) in [6, 6.07) is 12.1. The van der Waals surface area contributed by atoms with Gasteiger partial charge in [-0.15, -0.1) is 16.7 Å². The number of aromatic nitrogens is 1. The van der Waals surface area contributed by atoms with E-state index in [2.05, 4.69) is 37.9 Å². The summed E-state index contributed by atoms with van der Waals surface area (Å²) in [4.78, 5) is 8.42. The highest BCUT2D eigenvalue weighted by Gasteiger charge is 2.06. The molecule has 2 rings (SSSR count). The van der Waals surface area contributed by atoms with Gasteiger partial charge < -0.3 is 4.85 Å².